The van der Waals surface area contributed by atoms with Crippen molar-refractivity contribution in [2.45, 2.75) is 64.0 Å². The van der Waals surface area contributed by atoms with E-state index in [-0.39, 0.29) is 11.6 Å². The zero-order valence-corrected chi connectivity index (χ0v) is 13.3. The van der Waals surface area contributed by atoms with E-state index in [1.807, 2.05) is 0 Å². The van der Waals surface area contributed by atoms with Crippen molar-refractivity contribution in [1.82, 2.24) is 10.4 Å². The lowest BCUT2D eigenvalue weighted by Crippen LogP contribution is -2.43. The molecule has 3 N–H and O–H groups in total. The van der Waals surface area contributed by atoms with Crippen LogP contribution in [0.15, 0.2) is 0 Å². The topological polar surface area (TPSA) is 60.2 Å². The van der Waals surface area contributed by atoms with E-state index in [0.29, 0.717) is 5.92 Å². The molecule has 1 aromatic rings. The van der Waals surface area contributed by atoms with Crippen molar-refractivity contribution < 1.29 is 4.74 Å². The highest BCUT2D eigenvalue weighted by Crippen LogP contribution is 2.46. The van der Waals surface area contributed by atoms with Crippen LogP contribution in [0.3, 0.4) is 0 Å². The van der Waals surface area contributed by atoms with Gasteiger partial charge in [0.2, 0.25) is 0 Å². The van der Waals surface area contributed by atoms with E-state index in [2.05, 4.69) is 24.3 Å². The van der Waals surface area contributed by atoms with Crippen molar-refractivity contribution in [1.29, 1.82) is 0 Å². The molecule has 1 aliphatic heterocycles. The summed E-state index contributed by atoms with van der Waals surface area (Å²) in [4.78, 5) is 5.87. The smallest absolute Gasteiger partial charge is 0.0900 e. The molecule has 0 amide bonds. The first-order chi connectivity index (χ1) is 9.63. The third-order valence-corrected chi connectivity index (χ3v) is 6.07. The molecule has 2 fully saturated rings. The van der Waals surface area contributed by atoms with Gasteiger partial charge in [-0.2, -0.15) is 0 Å². The van der Waals surface area contributed by atoms with Gasteiger partial charge in [0.15, 0.2) is 0 Å². The molecule has 0 bridgehead atoms. The zero-order valence-electron chi connectivity index (χ0n) is 12.4. The molecule has 1 saturated heterocycles. The number of rotatable bonds is 3. The van der Waals surface area contributed by atoms with E-state index < -0.39 is 0 Å². The first-order valence-corrected chi connectivity index (χ1v) is 8.49. The average Bonchev–Trinajstić information content (AvgIpc) is 2.99. The first-order valence-electron chi connectivity index (χ1n) is 7.67. The molecule has 1 spiro atoms. The minimum atomic E-state index is 0.144. The minimum Gasteiger partial charge on any atom is -0.375 e. The molecule has 1 aromatic heterocycles. The molecular formula is C15H25N3OS. The Kier molecular flexibility index (Phi) is 4.13. The Morgan fingerprint density at radius 3 is 2.75 bits per heavy atom. The molecule has 2 aliphatic rings. The number of nitrogens with two attached hydrogens (primary N) is 1. The summed E-state index contributed by atoms with van der Waals surface area (Å²) < 4.78 is 6.14. The van der Waals surface area contributed by atoms with Crippen LogP contribution in [0.25, 0.3) is 0 Å². The van der Waals surface area contributed by atoms with Crippen LogP contribution >= 0.6 is 11.3 Å². The van der Waals surface area contributed by atoms with Crippen molar-refractivity contribution >= 4 is 11.3 Å². The summed E-state index contributed by atoms with van der Waals surface area (Å²) in [7, 11) is 0. The molecule has 2 atom stereocenters. The monoisotopic (exact) mass is 295 g/mol. The van der Waals surface area contributed by atoms with Gasteiger partial charge in [-0.25, -0.2) is 4.98 Å². The summed E-state index contributed by atoms with van der Waals surface area (Å²) in [6.45, 7) is 5.03. The fourth-order valence-corrected chi connectivity index (χ4v) is 5.06. The standard InChI is InChI=1S/C15H25N3OS/c1-10-14(20-11(2)17-10)13(18-16)12-5-8-19-15(9-12)6-3-4-7-15/h12-13,18H,3-9,16H2,1-2H3. The third-order valence-electron chi connectivity index (χ3n) is 4.92. The Labute approximate surface area is 125 Å². The van der Waals surface area contributed by atoms with Gasteiger partial charge in [-0.1, -0.05) is 12.8 Å². The number of thiazole rings is 1. The van der Waals surface area contributed by atoms with E-state index in [1.165, 1.54) is 30.6 Å². The molecule has 4 nitrogen and oxygen atoms in total. The van der Waals surface area contributed by atoms with E-state index in [0.717, 1.165) is 30.2 Å². The highest BCUT2D eigenvalue weighted by molar-refractivity contribution is 7.11. The number of hydrogen-bond acceptors (Lipinski definition) is 5. The zero-order chi connectivity index (χ0) is 14.2. The van der Waals surface area contributed by atoms with Crippen molar-refractivity contribution in [2.75, 3.05) is 6.61 Å². The maximum atomic E-state index is 6.14. The average molecular weight is 295 g/mol. The van der Waals surface area contributed by atoms with Gasteiger partial charge in [0.1, 0.15) is 0 Å². The Morgan fingerprint density at radius 2 is 2.15 bits per heavy atom. The number of aromatic nitrogens is 1. The molecule has 1 saturated carbocycles. The van der Waals surface area contributed by atoms with Crippen LogP contribution in [0.5, 0.6) is 0 Å². The van der Waals surface area contributed by atoms with Crippen molar-refractivity contribution in [2.24, 2.45) is 11.8 Å². The lowest BCUT2D eigenvalue weighted by molar-refractivity contribution is -0.0981. The fraction of sp³-hybridized carbons (Fsp3) is 0.800. The second-order valence-electron chi connectivity index (χ2n) is 6.32. The molecule has 2 heterocycles. The number of ether oxygens (including phenoxy) is 1. The largest absolute Gasteiger partial charge is 0.375 e. The van der Waals surface area contributed by atoms with Crippen LogP contribution in [-0.4, -0.2) is 17.2 Å². The maximum Gasteiger partial charge on any atom is 0.0900 e. The fourth-order valence-electron chi connectivity index (χ4n) is 3.98. The van der Waals surface area contributed by atoms with Gasteiger partial charge < -0.3 is 4.74 Å². The van der Waals surface area contributed by atoms with E-state index in [1.54, 1.807) is 11.3 Å². The molecule has 20 heavy (non-hydrogen) atoms. The lowest BCUT2D eigenvalue weighted by Gasteiger charge is -2.41. The number of nitrogens with one attached hydrogen (secondary N) is 1. The van der Waals surface area contributed by atoms with Crippen molar-refractivity contribution in [3.8, 4) is 0 Å². The van der Waals surface area contributed by atoms with E-state index in [9.17, 15) is 0 Å². The molecule has 5 heteroatoms. The molecule has 2 unspecified atom stereocenters. The highest BCUT2D eigenvalue weighted by Gasteiger charge is 2.42. The molecule has 0 aromatic carbocycles. The summed E-state index contributed by atoms with van der Waals surface area (Å²) in [5.74, 6) is 6.45. The number of aryl methyl sites for hydroxylation is 2. The SMILES string of the molecule is Cc1nc(C)c(C(NN)C2CCOC3(CCCC3)C2)s1. The van der Waals surface area contributed by atoms with E-state index >= 15 is 0 Å². The summed E-state index contributed by atoms with van der Waals surface area (Å²) in [6.07, 6.45) is 7.30. The number of hydrazine groups is 1. The van der Waals surface area contributed by atoms with E-state index in [4.69, 9.17) is 10.6 Å². The molecular weight excluding hydrogens is 270 g/mol. The number of nitrogens with zero attached hydrogens (tertiary/aromatic N) is 1. The third kappa shape index (κ3) is 2.64. The van der Waals surface area contributed by atoms with Crippen LogP contribution in [-0.2, 0) is 4.74 Å². The van der Waals surface area contributed by atoms with Crippen molar-refractivity contribution in [3.05, 3.63) is 15.6 Å². The van der Waals surface area contributed by atoms with Crippen LogP contribution in [0.4, 0.5) is 0 Å². The second kappa shape index (κ2) is 5.72. The summed E-state index contributed by atoms with van der Waals surface area (Å²) in [5.41, 5.74) is 4.34. The normalized spacial score (nSPS) is 27.1. The predicted molar refractivity (Wildman–Crippen MR) is 81.5 cm³/mol. The predicted octanol–water partition coefficient (Wildman–Crippen LogP) is 3.00. The Hall–Kier alpha value is -0.490. The van der Waals surface area contributed by atoms with Gasteiger partial charge in [0.25, 0.3) is 0 Å². The molecule has 0 radical (unpaired) electrons. The highest BCUT2D eigenvalue weighted by atomic mass is 32.1. The summed E-state index contributed by atoms with van der Waals surface area (Å²) >= 11 is 1.78. The van der Waals surface area contributed by atoms with Gasteiger partial charge in [-0.05, 0) is 45.4 Å². The molecule has 1 aliphatic carbocycles. The van der Waals surface area contributed by atoms with Gasteiger partial charge in [-0.15, -0.1) is 11.3 Å². The van der Waals surface area contributed by atoms with Crippen LogP contribution in [0.1, 0.15) is 60.1 Å². The first kappa shape index (κ1) is 14.4. The minimum absolute atomic E-state index is 0.144. The Morgan fingerprint density at radius 1 is 1.40 bits per heavy atom. The van der Waals surface area contributed by atoms with Crippen LogP contribution in [0, 0.1) is 19.8 Å². The Bertz CT molecular complexity index is 468. The number of hydrogen-bond donors (Lipinski definition) is 2. The summed E-state index contributed by atoms with van der Waals surface area (Å²) in [6, 6.07) is 0.225. The quantitative estimate of drug-likeness (QED) is 0.665. The Balaban J connectivity index is 1.80. The summed E-state index contributed by atoms with van der Waals surface area (Å²) in [5, 5.41) is 1.13. The second-order valence-corrected chi connectivity index (χ2v) is 7.55. The lowest BCUT2D eigenvalue weighted by atomic mass is 9.80. The van der Waals surface area contributed by atoms with Crippen LogP contribution in [0.2, 0.25) is 0 Å². The maximum absolute atomic E-state index is 6.14. The van der Waals surface area contributed by atoms with Gasteiger partial charge in [-0.3, -0.25) is 11.3 Å². The van der Waals surface area contributed by atoms with Gasteiger partial charge >= 0.3 is 0 Å². The van der Waals surface area contributed by atoms with Crippen LogP contribution < -0.4 is 11.3 Å². The van der Waals surface area contributed by atoms with Crippen molar-refractivity contribution in [3.63, 3.8) is 0 Å². The molecule has 112 valence electrons. The van der Waals surface area contributed by atoms with Gasteiger partial charge in [0, 0.05) is 11.5 Å². The molecule has 3 rings (SSSR count). The van der Waals surface area contributed by atoms with Gasteiger partial charge in [0.05, 0.1) is 22.3 Å².